The molecule has 0 aromatic heterocycles. The zero-order chi connectivity index (χ0) is 11.4. The Balaban J connectivity index is 1.71. The maximum Gasteiger partial charge on any atom is 0.0589 e. The number of nitrogens with zero attached hydrogens (tertiary/aromatic N) is 1. The highest BCUT2D eigenvalue weighted by molar-refractivity contribution is 4.93. The molecule has 3 nitrogen and oxygen atoms in total. The smallest absolute Gasteiger partial charge is 0.0589 e. The largest absolute Gasteiger partial charge is 0.383 e. The second kappa shape index (κ2) is 5.99. The van der Waals surface area contributed by atoms with Crippen LogP contribution in [0.2, 0.25) is 0 Å². The Morgan fingerprint density at radius 3 is 2.88 bits per heavy atom. The Labute approximate surface area is 99.5 Å². The lowest BCUT2D eigenvalue weighted by Crippen LogP contribution is -2.40. The van der Waals surface area contributed by atoms with Crippen LogP contribution in [0.15, 0.2) is 0 Å². The van der Waals surface area contributed by atoms with Crippen molar-refractivity contribution in [3.05, 3.63) is 0 Å². The molecule has 1 saturated carbocycles. The highest BCUT2D eigenvalue weighted by Crippen LogP contribution is 2.33. The molecule has 0 radical (unpaired) electrons. The Kier molecular flexibility index (Phi) is 4.62. The minimum Gasteiger partial charge on any atom is -0.383 e. The van der Waals surface area contributed by atoms with Crippen LogP contribution in [-0.4, -0.2) is 50.8 Å². The number of likely N-dealkylation sites (N-methyl/N-ethyl adjacent to an activating group) is 1. The summed E-state index contributed by atoms with van der Waals surface area (Å²) >= 11 is 0. The van der Waals surface area contributed by atoms with E-state index in [4.69, 9.17) is 4.74 Å². The highest BCUT2D eigenvalue weighted by atomic mass is 16.5. The van der Waals surface area contributed by atoms with Crippen LogP contribution < -0.4 is 5.32 Å². The van der Waals surface area contributed by atoms with Crippen LogP contribution in [0.4, 0.5) is 0 Å². The van der Waals surface area contributed by atoms with Gasteiger partial charge in [0.1, 0.15) is 0 Å². The quantitative estimate of drug-likeness (QED) is 0.768. The molecule has 3 unspecified atom stereocenters. The number of hydrogen-bond acceptors (Lipinski definition) is 3. The second-order valence-electron chi connectivity index (χ2n) is 5.51. The predicted molar refractivity (Wildman–Crippen MR) is 66.7 cm³/mol. The summed E-state index contributed by atoms with van der Waals surface area (Å²) in [6, 6.07) is 1.55. The van der Waals surface area contributed by atoms with Gasteiger partial charge in [-0.1, -0.05) is 12.8 Å². The molecule has 1 N–H and O–H groups in total. The number of ether oxygens (including phenoxy) is 1. The molecule has 1 aliphatic carbocycles. The van der Waals surface area contributed by atoms with Crippen molar-refractivity contribution < 1.29 is 4.74 Å². The molecule has 3 atom stereocenters. The molecular formula is C13H26N2O. The molecule has 3 heteroatoms. The average Bonchev–Trinajstić information content (AvgIpc) is 2.68. The van der Waals surface area contributed by atoms with Crippen LogP contribution >= 0.6 is 0 Å². The molecule has 0 bridgehead atoms. The molecule has 1 saturated heterocycles. The van der Waals surface area contributed by atoms with Crippen molar-refractivity contribution in [3.8, 4) is 0 Å². The standard InChI is InChI=1S/C13H26N2O/c1-15(7-8-16-2)10-12-9-11-5-3-4-6-13(11)14-12/h11-14H,3-10H2,1-2H3. The molecule has 0 spiro atoms. The van der Waals surface area contributed by atoms with Gasteiger partial charge in [0.15, 0.2) is 0 Å². The van der Waals surface area contributed by atoms with Crippen molar-refractivity contribution in [1.29, 1.82) is 0 Å². The number of hydrogen-bond donors (Lipinski definition) is 1. The van der Waals surface area contributed by atoms with Crippen LogP contribution in [0.1, 0.15) is 32.1 Å². The van der Waals surface area contributed by atoms with E-state index in [9.17, 15) is 0 Å². The summed E-state index contributed by atoms with van der Waals surface area (Å²) in [7, 11) is 3.97. The summed E-state index contributed by atoms with van der Waals surface area (Å²) in [6.45, 7) is 3.07. The third-order valence-corrected chi connectivity index (χ3v) is 4.16. The normalized spacial score (nSPS) is 34.3. The van der Waals surface area contributed by atoms with Crippen molar-refractivity contribution in [2.24, 2.45) is 5.92 Å². The topological polar surface area (TPSA) is 24.5 Å². The lowest BCUT2D eigenvalue weighted by Gasteiger charge is -2.24. The van der Waals surface area contributed by atoms with Gasteiger partial charge in [-0.25, -0.2) is 0 Å². The fourth-order valence-corrected chi connectivity index (χ4v) is 3.29. The van der Waals surface area contributed by atoms with Crippen molar-refractivity contribution in [2.45, 2.75) is 44.2 Å². The van der Waals surface area contributed by atoms with Gasteiger partial charge in [-0.05, 0) is 32.2 Å². The van der Waals surface area contributed by atoms with Gasteiger partial charge in [-0.2, -0.15) is 0 Å². The first-order chi connectivity index (χ1) is 7.79. The average molecular weight is 226 g/mol. The predicted octanol–water partition coefficient (Wildman–Crippen LogP) is 1.49. The third-order valence-electron chi connectivity index (χ3n) is 4.16. The zero-order valence-corrected chi connectivity index (χ0v) is 10.7. The highest BCUT2D eigenvalue weighted by Gasteiger charge is 2.34. The van der Waals surface area contributed by atoms with E-state index in [-0.39, 0.29) is 0 Å². The molecule has 16 heavy (non-hydrogen) atoms. The molecule has 0 aromatic carbocycles. The minimum absolute atomic E-state index is 0.718. The summed E-state index contributed by atoms with van der Waals surface area (Å²) in [5, 5.41) is 3.82. The number of methoxy groups -OCH3 is 1. The van der Waals surface area contributed by atoms with Crippen LogP contribution in [-0.2, 0) is 4.74 Å². The van der Waals surface area contributed by atoms with E-state index < -0.39 is 0 Å². The van der Waals surface area contributed by atoms with Gasteiger partial charge in [-0.3, -0.25) is 0 Å². The van der Waals surface area contributed by atoms with Gasteiger partial charge in [0.05, 0.1) is 6.61 Å². The molecule has 2 aliphatic rings. The number of rotatable bonds is 5. The maximum atomic E-state index is 5.11. The molecule has 0 amide bonds. The lowest BCUT2D eigenvalue weighted by molar-refractivity contribution is 0.156. The van der Waals surface area contributed by atoms with E-state index in [0.717, 1.165) is 31.2 Å². The summed E-state index contributed by atoms with van der Waals surface area (Å²) in [5.41, 5.74) is 0. The first-order valence-electron chi connectivity index (χ1n) is 6.73. The summed E-state index contributed by atoms with van der Waals surface area (Å²) in [4.78, 5) is 2.39. The molecule has 1 heterocycles. The maximum absolute atomic E-state index is 5.11. The Morgan fingerprint density at radius 1 is 1.31 bits per heavy atom. The van der Waals surface area contributed by atoms with Gasteiger partial charge in [0.2, 0.25) is 0 Å². The van der Waals surface area contributed by atoms with Crippen molar-refractivity contribution in [1.82, 2.24) is 10.2 Å². The summed E-state index contributed by atoms with van der Waals surface area (Å²) < 4.78 is 5.11. The molecular weight excluding hydrogens is 200 g/mol. The van der Waals surface area contributed by atoms with E-state index in [1.165, 1.54) is 38.6 Å². The third kappa shape index (κ3) is 3.19. The van der Waals surface area contributed by atoms with Gasteiger partial charge < -0.3 is 15.0 Å². The molecule has 0 aromatic rings. The summed E-state index contributed by atoms with van der Waals surface area (Å²) in [6.07, 6.45) is 7.14. The van der Waals surface area contributed by atoms with E-state index >= 15 is 0 Å². The fourth-order valence-electron chi connectivity index (χ4n) is 3.29. The van der Waals surface area contributed by atoms with E-state index in [2.05, 4.69) is 17.3 Å². The van der Waals surface area contributed by atoms with E-state index in [1.807, 2.05) is 0 Å². The first-order valence-corrected chi connectivity index (χ1v) is 6.73. The van der Waals surface area contributed by atoms with Crippen LogP contribution in [0, 0.1) is 5.92 Å². The zero-order valence-electron chi connectivity index (χ0n) is 10.7. The van der Waals surface area contributed by atoms with Crippen LogP contribution in [0.5, 0.6) is 0 Å². The van der Waals surface area contributed by atoms with Crippen LogP contribution in [0.3, 0.4) is 0 Å². The van der Waals surface area contributed by atoms with Gasteiger partial charge in [0, 0.05) is 32.3 Å². The van der Waals surface area contributed by atoms with Crippen molar-refractivity contribution in [3.63, 3.8) is 0 Å². The Morgan fingerprint density at radius 2 is 2.12 bits per heavy atom. The van der Waals surface area contributed by atoms with Crippen molar-refractivity contribution >= 4 is 0 Å². The first kappa shape index (κ1) is 12.3. The van der Waals surface area contributed by atoms with Gasteiger partial charge in [-0.15, -0.1) is 0 Å². The molecule has 1 aliphatic heterocycles. The molecule has 2 rings (SSSR count). The number of nitrogens with one attached hydrogen (secondary N) is 1. The Bertz CT molecular complexity index is 196. The van der Waals surface area contributed by atoms with Gasteiger partial charge in [0.25, 0.3) is 0 Å². The lowest BCUT2D eigenvalue weighted by atomic mass is 9.85. The van der Waals surface area contributed by atoms with Crippen LogP contribution in [0.25, 0.3) is 0 Å². The van der Waals surface area contributed by atoms with Crippen molar-refractivity contribution in [2.75, 3.05) is 33.9 Å². The molecule has 94 valence electrons. The Hall–Kier alpha value is -0.120. The monoisotopic (exact) mass is 226 g/mol. The summed E-state index contributed by atoms with van der Waals surface area (Å²) in [5.74, 6) is 0.967. The van der Waals surface area contributed by atoms with E-state index in [1.54, 1.807) is 7.11 Å². The second-order valence-corrected chi connectivity index (χ2v) is 5.51. The minimum atomic E-state index is 0.718. The molecule has 2 fully saturated rings. The fraction of sp³-hybridized carbons (Fsp3) is 1.00. The SMILES string of the molecule is COCCN(C)CC1CC2CCCCC2N1. The van der Waals surface area contributed by atoms with E-state index in [0.29, 0.717) is 0 Å². The number of fused-ring (bicyclic) bond motifs is 1. The van der Waals surface area contributed by atoms with Gasteiger partial charge >= 0.3 is 0 Å².